The highest BCUT2D eigenvalue weighted by Gasteiger charge is 2.23. The Bertz CT molecular complexity index is 647. The van der Waals surface area contributed by atoms with Crippen molar-refractivity contribution < 1.29 is 0 Å². The van der Waals surface area contributed by atoms with Crippen LogP contribution in [0.1, 0.15) is 55.1 Å². The second-order valence-electron chi connectivity index (χ2n) is 6.22. The number of aromatic nitrogens is 1. The topological polar surface area (TPSA) is 30.9 Å². The summed E-state index contributed by atoms with van der Waals surface area (Å²) in [6, 6.07) is 2.81. The summed E-state index contributed by atoms with van der Waals surface area (Å²) in [5.74, 6) is 0. The van der Waals surface area contributed by atoms with Gasteiger partial charge in [0.2, 0.25) is 0 Å². The van der Waals surface area contributed by atoms with E-state index in [-0.39, 0.29) is 0 Å². The van der Waals surface area contributed by atoms with Gasteiger partial charge >= 0.3 is 0 Å². The van der Waals surface area contributed by atoms with Crippen molar-refractivity contribution in [1.82, 2.24) is 4.57 Å². The van der Waals surface area contributed by atoms with Crippen LogP contribution in [0, 0.1) is 13.8 Å². The van der Waals surface area contributed by atoms with Gasteiger partial charge in [-0.2, -0.15) is 0 Å². The van der Waals surface area contributed by atoms with Crippen molar-refractivity contribution >= 4 is 16.6 Å². The first-order valence-electron chi connectivity index (χ1n) is 7.43. The molecule has 0 fully saturated rings. The van der Waals surface area contributed by atoms with Crippen LogP contribution in [-0.2, 0) is 12.8 Å². The largest absolute Gasteiger partial charge is 0.398 e. The van der Waals surface area contributed by atoms with E-state index in [0.29, 0.717) is 6.04 Å². The lowest BCUT2D eigenvalue weighted by atomic mass is 9.93. The zero-order valence-electron chi connectivity index (χ0n) is 12.5. The molecule has 1 aromatic carbocycles. The molecule has 0 aliphatic heterocycles. The Morgan fingerprint density at radius 2 is 1.84 bits per heavy atom. The second-order valence-corrected chi connectivity index (χ2v) is 6.22. The number of hydrogen-bond donors (Lipinski definition) is 1. The molecule has 2 N–H and O–H groups in total. The summed E-state index contributed by atoms with van der Waals surface area (Å²) in [7, 11) is 0. The number of hydrogen-bond acceptors (Lipinski definition) is 1. The molecule has 0 saturated heterocycles. The molecule has 1 aliphatic carbocycles. The zero-order valence-corrected chi connectivity index (χ0v) is 12.5. The highest BCUT2D eigenvalue weighted by Crippen LogP contribution is 2.38. The predicted molar refractivity (Wildman–Crippen MR) is 82.9 cm³/mol. The zero-order chi connectivity index (χ0) is 13.7. The minimum absolute atomic E-state index is 0.520. The summed E-state index contributed by atoms with van der Waals surface area (Å²) in [6.45, 7) is 8.88. The van der Waals surface area contributed by atoms with Gasteiger partial charge in [0.15, 0.2) is 0 Å². The van der Waals surface area contributed by atoms with Crippen LogP contribution in [0.5, 0.6) is 0 Å². The fraction of sp³-hybridized carbons (Fsp3) is 0.529. The molecule has 2 aromatic rings. The van der Waals surface area contributed by atoms with Crippen molar-refractivity contribution in [3.05, 3.63) is 28.5 Å². The third-order valence-corrected chi connectivity index (χ3v) is 4.62. The lowest BCUT2D eigenvalue weighted by Crippen LogP contribution is -2.10. The van der Waals surface area contributed by atoms with Gasteiger partial charge in [-0.05, 0) is 76.1 Å². The van der Waals surface area contributed by atoms with E-state index in [1.807, 2.05) is 0 Å². The minimum Gasteiger partial charge on any atom is -0.398 e. The summed E-state index contributed by atoms with van der Waals surface area (Å²) in [4.78, 5) is 0. The standard InChI is InChI=1S/C17H24N2/c1-10(2)19-14-8-6-5-7-13(14)16-12(4)17(18)11(3)9-15(16)19/h9-10H,5-8,18H2,1-4H3. The van der Waals surface area contributed by atoms with E-state index in [2.05, 4.69) is 38.3 Å². The molecule has 2 nitrogen and oxygen atoms in total. The molecule has 102 valence electrons. The van der Waals surface area contributed by atoms with Gasteiger partial charge in [-0.3, -0.25) is 0 Å². The van der Waals surface area contributed by atoms with Crippen LogP contribution >= 0.6 is 0 Å². The Morgan fingerprint density at radius 3 is 2.53 bits per heavy atom. The highest BCUT2D eigenvalue weighted by atomic mass is 15.0. The molecule has 3 rings (SSSR count). The molecule has 0 radical (unpaired) electrons. The van der Waals surface area contributed by atoms with Crippen LogP contribution in [0.25, 0.3) is 10.9 Å². The summed E-state index contributed by atoms with van der Waals surface area (Å²) in [5.41, 5.74) is 14.2. The van der Waals surface area contributed by atoms with Gasteiger partial charge in [0.25, 0.3) is 0 Å². The van der Waals surface area contributed by atoms with E-state index in [0.717, 1.165) is 5.69 Å². The maximum atomic E-state index is 6.26. The number of nitrogen functional groups attached to an aromatic ring is 1. The van der Waals surface area contributed by atoms with Gasteiger partial charge in [0.1, 0.15) is 0 Å². The van der Waals surface area contributed by atoms with Crippen LogP contribution in [-0.4, -0.2) is 4.57 Å². The fourth-order valence-electron chi connectivity index (χ4n) is 3.71. The smallest absolute Gasteiger partial charge is 0.0494 e. The van der Waals surface area contributed by atoms with E-state index in [1.165, 1.54) is 47.7 Å². The Morgan fingerprint density at radius 1 is 1.16 bits per heavy atom. The number of nitrogens with zero attached hydrogens (tertiary/aromatic N) is 1. The van der Waals surface area contributed by atoms with Gasteiger partial charge in [0.05, 0.1) is 0 Å². The van der Waals surface area contributed by atoms with Gasteiger partial charge < -0.3 is 10.3 Å². The summed E-state index contributed by atoms with van der Waals surface area (Å²) >= 11 is 0. The van der Waals surface area contributed by atoms with Crippen LogP contribution in [0.2, 0.25) is 0 Å². The van der Waals surface area contributed by atoms with Crippen molar-refractivity contribution in [3.63, 3.8) is 0 Å². The SMILES string of the molecule is Cc1cc2c(c(C)c1N)c1c(n2C(C)C)CCCC1. The number of fused-ring (bicyclic) bond motifs is 3. The first-order valence-corrected chi connectivity index (χ1v) is 7.43. The predicted octanol–water partition coefficient (Wildman–Crippen LogP) is 4.30. The second kappa shape index (κ2) is 4.29. The molecule has 1 aromatic heterocycles. The lowest BCUT2D eigenvalue weighted by Gasteiger charge is -2.18. The number of aryl methyl sites for hydroxylation is 3. The van der Waals surface area contributed by atoms with Crippen molar-refractivity contribution in [2.75, 3.05) is 5.73 Å². The Balaban J connectivity index is 2.47. The first kappa shape index (κ1) is 12.6. The van der Waals surface area contributed by atoms with Gasteiger partial charge in [-0.15, -0.1) is 0 Å². The molecule has 0 atom stereocenters. The lowest BCUT2D eigenvalue weighted by molar-refractivity contribution is 0.561. The summed E-state index contributed by atoms with van der Waals surface area (Å²) in [5, 5.41) is 1.44. The number of anilines is 1. The maximum Gasteiger partial charge on any atom is 0.0494 e. The fourth-order valence-corrected chi connectivity index (χ4v) is 3.71. The Labute approximate surface area is 115 Å². The third-order valence-electron chi connectivity index (χ3n) is 4.62. The molecule has 0 saturated carbocycles. The first-order chi connectivity index (χ1) is 9.02. The Kier molecular flexibility index (Phi) is 2.84. The summed E-state index contributed by atoms with van der Waals surface area (Å²) in [6.07, 6.45) is 5.08. The molecule has 1 aliphatic rings. The van der Waals surface area contributed by atoms with Gasteiger partial charge in [-0.25, -0.2) is 0 Å². The normalized spacial score (nSPS) is 15.2. The van der Waals surface area contributed by atoms with E-state index < -0.39 is 0 Å². The monoisotopic (exact) mass is 256 g/mol. The van der Waals surface area contributed by atoms with Crippen LogP contribution < -0.4 is 5.73 Å². The van der Waals surface area contributed by atoms with E-state index in [4.69, 9.17) is 5.73 Å². The average Bonchev–Trinajstić information content (AvgIpc) is 2.70. The third kappa shape index (κ3) is 1.69. The van der Waals surface area contributed by atoms with E-state index in [1.54, 1.807) is 11.3 Å². The van der Waals surface area contributed by atoms with Gasteiger partial charge in [-0.1, -0.05) is 0 Å². The van der Waals surface area contributed by atoms with Crippen LogP contribution in [0.3, 0.4) is 0 Å². The number of rotatable bonds is 1. The van der Waals surface area contributed by atoms with Crippen molar-refractivity contribution in [2.45, 2.75) is 59.4 Å². The molecule has 1 heterocycles. The van der Waals surface area contributed by atoms with Crippen LogP contribution in [0.4, 0.5) is 5.69 Å². The summed E-state index contributed by atoms with van der Waals surface area (Å²) < 4.78 is 2.54. The number of benzene rings is 1. The number of nitrogens with two attached hydrogens (primary N) is 1. The average molecular weight is 256 g/mol. The van der Waals surface area contributed by atoms with Gasteiger partial charge in [0, 0.05) is 28.3 Å². The Hall–Kier alpha value is -1.44. The molecule has 0 unspecified atom stereocenters. The quantitative estimate of drug-likeness (QED) is 0.758. The maximum absolute atomic E-state index is 6.26. The highest BCUT2D eigenvalue weighted by molar-refractivity contribution is 5.93. The van der Waals surface area contributed by atoms with E-state index in [9.17, 15) is 0 Å². The minimum atomic E-state index is 0.520. The molecule has 2 heteroatoms. The van der Waals surface area contributed by atoms with E-state index >= 15 is 0 Å². The molecule has 0 bridgehead atoms. The molecular formula is C17H24N2. The molecule has 19 heavy (non-hydrogen) atoms. The van der Waals surface area contributed by atoms with Crippen molar-refractivity contribution in [2.24, 2.45) is 0 Å². The van der Waals surface area contributed by atoms with Crippen molar-refractivity contribution in [3.8, 4) is 0 Å². The molecule has 0 spiro atoms. The van der Waals surface area contributed by atoms with Crippen molar-refractivity contribution in [1.29, 1.82) is 0 Å². The molecule has 0 amide bonds. The molecular weight excluding hydrogens is 232 g/mol. The van der Waals surface area contributed by atoms with Crippen LogP contribution in [0.15, 0.2) is 6.07 Å².